The first kappa shape index (κ1) is 19.0. The predicted octanol–water partition coefficient (Wildman–Crippen LogP) is 5.96. The third kappa shape index (κ3) is 3.49. The SMILES string of the molecule is CCC(C)(C)C(F)(CC(C)(C)C)C(F)C(F)(F)n1cccc1. The molecule has 0 N–H and O–H groups in total. The zero-order valence-electron chi connectivity index (χ0n) is 14.3. The van der Waals surface area contributed by atoms with Crippen LogP contribution in [-0.4, -0.2) is 16.4 Å². The highest BCUT2D eigenvalue weighted by Crippen LogP contribution is 2.52. The number of alkyl halides is 4. The molecule has 0 amide bonds. The molecule has 0 radical (unpaired) electrons. The van der Waals surface area contributed by atoms with Gasteiger partial charge in [-0.3, -0.25) is 4.57 Å². The first-order valence-corrected chi connectivity index (χ1v) is 7.62. The summed E-state index contributed by atoms with van der Waals surface area (Å²) in [6.45, 7) is 9.90. The second-order valence-corrected chi connectivity index (χ2v) is 7.88. The van der Waals surface area contributed by atoms with E-state index in [0.29, 0.717) is 4.57 Å². The number of rotatable bonds is 6. The molecule has 0 aromatic carbocycles. The monoisotopic (exact) mass is 321 g/mol. The topological polar surface area (TPSA) is 4.93 Å². The molecule has 0 aliphatic rings. The van der Waals surface area contributed by atoms with E-state index in [0.717, 1.165) is 12.4 Å². The average Bonchev–Trinajstić information content (AvgIpc) is 2.89. The van der Waals surface area contributed by atoms with E-state index >= 15 is 4.39 Å². The lowest BCUT2D eigenvalue weighted by Crippen LogP contribution is -2.57. The third-order valence-corrected chi connectivity index (χ3v) is 4.45. The third-order valence-electron chi connectivity index (χ3n) is 4.45. The Balaban J connectivity index is 3.33. The number of hydrogen-bond acceptors (Lipinski definition) is 0. The van der Waals surface area contributed by atoms with Crippen molar-refractivity contribution in [1.29, 1.82) is 0 Å². The number of nitrogens with zero attached hydrogens (tertiary/aromatic N) is 1. The van der Waals surface area contributed by atoms with Gasteiger partial charge in [-0.15, -0.1) is 0 Å². The van der Waals surface area contributed by atoms with Gasteiger partial charge in [0.2, 0.25) is 6.17 Å². The lowest BCUT2D eigenvalue weighted by atomic mass is 9.65. The van der Waals surface area contributed by atoms with E-state index in [-0.39, 0.29) is 12.8 Å². The zero-order chi connectivity index (χ0) is 17.4. The normalized spacial score (nSPS) is 18.1. The molecule has 1 heterocycles. The highest BCUT2D eigenvalue weighted by molar-refractivity contribution is 5.06. The van der Waals surface area contributed by atoms with Gasteiger partial charge in [-0.2, -0.15) is 8.78 Å². The number of aromatic nitrogens is 1. The lowest BCUT2D eigenvalue weighted by molar-refractivity contribution is -0.220. The molecule has 2 atom stereocenters. The van der Waals surface area contributed by atoms with Crippen LogP contribution < -0.4 is 0 Å². The molecular weight excluding hydrogens is 294 g/mol. The Bertz CT molecular complexity index is 473. The highest BCUT2D eigenvalue weighted by atomic mass is 19.3. The van der Waals surface area contributed by atoms with Gasteiger partial charge in [0.05, 0.1) is 0 Å². The van der Waals surface area contributed by atoms with Crippen molar-refractivity contribution < 1.29 is 17.6 Å². The summed E-state index contributed by atoms with van der Waals surface area (Å²) in [5, 5.41) is 0. The van der Waals surface area contributed by atoms with Crippen LogP contribution in [0.3, 0.4) is 0 Å². The molecule has 0 saturated heterocycles. The molecule has 1 aromatic heterocycles. The molecule has 0 spiro atoms. The summed E-state index contributed by atoms with van der Waals surface area (Å²) >= 11 is 0. The van der Waals surface area contributed by atoms with Gasteiger partial charge < -0.3 is 0 Å². The zero-order valence-corrected chi connectivity index (χ0v) is 14.3. The smallest absolute Gasteiger partial charge is 0.293 e. The molecule has 2 unspecified atom stereocenters. The van der Waals surface area contributed by atoms with Gasteiger partial charge >= 0.3 is 6.05 Å². The summed E-state index contributed by atoms with van der Waals surface area (Å²) in [4.78, 5) is 0. The summed E-state index contributed by atoms with van der Waals surface area (Å²) in [6.07, 6.45) is -0.825. The summed E-state index contributed by atoms with van der Waals surface area (Å²) in [7, 11) is 0. The van der Waals surface area contributed by atoms with E-state index in [4.69, 9.17) is 0 Å². The van der Waals surface area contributed by atoms with Crippen LogP contribution in [0.15, 0.2) is 24.5 Å². The Morgan fingerprint density at radius 2 is 1.41 bits per heavy atom. The van der Waals surface area contributed by atoms with E-state index in [1.54, 1.807) is 27.7 Å². The molecule has 0 aliphatic heterocycles. The van der Waals surface area contributed by atoms with Crippen molar-refractivity contribution in [1.82, 2.24) is 4.57 Å². The van der Waals surface area contributed by atoms with Gasteiger partial charge in [0, 0.05) is 17.8 Å². The van der Waals surface area contributed by atoms with Crippen molar-refractivity contribution in [3.63, 3.8) is 0 Å². The minimum absolute atomic E-state index is 0.266. The Morgan fingerprint density at radius 3 is 1.77 bits per heavy atom. The van der Waals surface area contributed by atoms with Crippen molar-refractivity contribution in [2.75, 3.05) is 0 Å². The lowest BCUT2D eigenvalue weighted by Gasteiger charge is -2.47. The van der Waals surface area contributed by atoms with E-state index in [2.05, 4.69) is 0 Å². The second kappa shape index (κ2) is 5.89. The van der Waals surface area contributed by atoms with Crippen LogP contribution in [0.4, 0.5) is 17.6 Å². The second-order valence-electron chi connectivity index (χ2n) is 7.88. The molecule has 1 aromatic rings. The van der Waals surface area contributed by atoms with Crippen molar-refractivity contribution in [2.45, 2.75) is 72.3 Å². The summed E-state index contributed by atoms with van der Waals surface area (Å²) < 4.78 is 59.9. The molecule has 22 heavy (non-hydrogen) atoms. The maximum absolute atomic E-state index is 15.7. The molecule has 0 aliphatic carbocycles. The quantitative estimate of drug-likeness (QED) is 0.570. The van der Waals surface area contributed by atoms with Crippen LogP contribution in [0.1, 0.15) is 54.4 Å². The fraction of sp³-hybridized carbons (Fsp3) is 0.765. The van der Waals surface area contributed by atoms with E-state index in [9.17, 15) is 13.2 Å². The van der Waals surface area contributed by atoms with Gasteiger partial charge in [-0.1, -0.05) is 41.5 Å². The van der Waals surface area contributed by atoms with Gasteiger partial charge in [0.15, 0.2) is 5.67 Å². The maximum Gasteiger partial charge on any atom is 0.363 e. The summed E-state index contributed by atoms with van der Waals surface area (Å²) in [6, 6.07) is -1.19. The Morgan fingerprint density at radius 1 is 0.955 bits per heavy atom. The van der Waals surface area contributed by atoms with Crippen LogP contribution in [0.5, 0.6) is 0 Å². The van der Waals surface area contributed by atoms with Crippen molar-refractivity contribution in [2.24, 2.45) is 10.8 Å². The fourth-order valence-electron chi connectivity index (χ4n) is 2.68. The van der Waals surface area contributed by atoms with E-state index in [1.165, 1.54) is 26.0 Å². The van der Waals surface area contributed by atoms with Crippen molar-refractivity contribution in [3.8, 4) is 0 Å². The first-order chi connectivity index (χ1) is 9.78. The number of halogens is 4. The molecule has 0 saturated carbocycles. The maximum atomic E-state index is 15.7. The molecule has 128 valence electrons. The summed E-state index contributed by atoms with van der Waals surface area (Å²) in [5.74, 6) is 0. The minimum atomic E-state index is -3.93. The average molecular weight is 321 g/mol. The molecule has 1 nitrogen and oxygen atoms in total. The highest BCUT2D eigenvalue weighted by Gasteiger charge is 2.62. The molecule has 0 bridgehead atoms. The molecular formula is C17H27F4N. The largest absolute Gasteiger partial charge is 0.363 e. The van der Waals surface area contributed by atoms with Gasteiger partial charge in [0.1, 0.15) is 0 Å². The molecule has 0 fully saturated rings. The van der Waals surface area contributed by atoms with E-state index in [1.807, 2.05) is 0 Å². The van der Waals surface area contributed by atoms with Crippen molar-refractivity contribution in [3.05, 3.63) is 24.5 Å². The Labute approximate surface area is 130 Å². The van der Waals surface area contributed by atoms with Crippen molar-refractivity contribution >= 4 is 0 Å². The fourth-order valence-corrected chi connectivity index (χ4v) is 2.68. The number of hydrogen-bond donors (Lipinski definition) is 0. The van der Waals surface area contributed by atoms with Gasteiger partial charge in [-0.25, -0.2) is 8.78 Å². The van der Waals surface area contributed by atoms with Crippen LogP contribution in [-0.2, 0) is 6.05 Å². The molecule has 5 heteroatoms. The Hall–Kier alpha value is -1.00. The van der Waals surface area contributed by atoms with Crippen LogP contribution in [0.2, 0.25) is 0 Å². The molecule has 1 rings (SSSR count). The Kier molecular flexibility index (Phi) is 5.10. The first-order valence-electron chi connectivity index (χ1n) is 7.62. The van der Waals surface area contributed by atoms with Gasteiger partial charge in [0.25, 0.3) is 0 Å². The summed E-state index contributed by atoms with van der Waals surface area (Å²) in [5.41, 5.74) is -4.47. The predicted molar refractivity (Wildman–Crippen MR) is 81.5 cm³/mol. The standard InChI is InChI=1S/C17H27F4N/c1-7-15(5,6)16(19,12-14(2,3)4)13(18)17(20,21)22-10-8-9-11-22/h8-11,13H,7,12H2,1-6H3. The minimum Gasteiger partial charge on any atom is -0.293 e. The van der Waals surface area contributed by atoms with Crippen LogP contribution >= 0.6 is 0 Å². The van der Waals surface area contributed by atoms with E-state index < -0.39 is 28.7 Å². The van der Waals surface area contributed by atoms with Crippen LogP contribution in [0, 0.1) is 10.8 Å². The van der Waals surface area contributed by atoms with Crippen LogP contribution in [0.25, 0.3) is 0 Å². The van der Waals surface area contributed by atoms with Gasteiger partial charge in [-0.05, 0) is 30.4 Å².